The molecule has 0 spiro atoms. The number of aldehydes is 1. The van der Waals surface area contributed by atoms with Gasteiger partial charge in [0.25, 0.3) is 0 Å². The first kappa shape index (κ1) is 21.8. The summed E-state index contributed by atoms with van der Waals surface area (Å²) in [5.41, 5.74) is 0.254. The van der Waals surface area contributed by atoms with E-state index < -0.39 is 0 Å². The number of nitrogens with zero attached hydrogens (tertiary/aromatic N) is 2. The second-order valence-electron chi connectivity index (χ2n) is 6.44. The Morgan fingerprint density at radius 2 is 1.56 bits per heavy atom. The van der Waals surface area contributed by atoms with Crippen LogP contribution in [0.5, 0.6) is 0 Å². The second kappa shape index (κ2) is 12.9. The topological polar surface area (TPSA) is 89.0 Å². The number of ether oxygens (including phenoxy) is 5. The van der Waals surface area contributed by atoms with Crippen LogP contribution < -0.4 is 0 Å². The Hall–Kier alpha value is -1.45. The summed E-state index contributed by atoms with van der Waals surface area (Å²) in [5, 5.41) is 0. The molecule has 0 radical (unpaired) electrons. The lowest BCUT2D eigenvalue weighted by molar-refractivity contribution is -0.0199. The third-order valence-electron chi connectivity index (χ3n) is 4.51. The van der Waals surface area contributed by atoms with Gasteiger partial charge in [-0.1, -0.05) is 6.42 Å². The van der Waals surface area contributed by atoms with Gasteiger partial charge in [0.05, 0.1) is 64.9 Å². The maximum absolute atomic E-state index is 10.9. The molecule has 8 heteroatoms. The van der Waals surface area contributed by atoms with Gasteiger partial charge >= 0.3 is 0 Å². The lowest BCUT2D eigenvalue weighted by atomic mass is 9.68. The first-order valence-corrected chi connectivity index (χ1v) is 9.39. The van der Waals surface area contributed by atoms with E-state index in [2.05, 4.69) is 9.97 Å². The largest absolute Gasteiger partial charge is 0.382 e. The average molecular weight is 382 g/mol. The first-order valence-electron chi connectivity index (χ1n) is 9.39. The molecular formula is C19H30N2O6. The summed E-state index contributed by atoms with van der Waals surface area (Å²) < 4.78 is 26.9. The minimum Gasteiger partial charge on any atom is -0.382 e. The predicted octanol–water partition coefficient (Wildman–Crippen LogP) is 1.42. The zero-order valence-electron chi connectivity index (χ0n) is 16.1. The minimum atomic E-state index is -0.162. The first-order chi connectivity index (χ1) is 13.3. The number of aromatic nitrogens is 2. The van der Waals surface area contributed by atoms with Crippen LogP contribution in [0.15, 0.2) is 12.3 Å². The van der Waals surface area contributed by atoms with Gasteiger partial charge in [0.1, 0.15) is 11.5 Å². The molecule has 1 aromatic heterocycles. The Balaban J connectivity index is 1.50. The molecule has 152 valence electrons. The number of carbonyl (C=O) groups is 1. The van der Waals surface area contributed by atoms with E-state index in [1.807, 2.05) is 0 Å². The Kier molecular flexibility index (Phi) is 10.4. The number of methoxy groups -OCH3 is 1. The van der Waals surface area contributed by atoms with Crippen molar-refractivity contribution in [3.63, 3.8) is 0 Å². The van der Waals surface area contributed by atoms with E-state index in [4.69, 9.17) is 23.7 Å². The molecule has 27 heavy (non-hydrogen) atoms. The fourth-order valence-corrected chi connectivity index (χ4v) is 2.80. The SMILES string of the molecule is COCCOCCOCCOCCOCC1(c2nccc(C=O)n2)CCC1. The van der Waals surface area contributed by atoms with Crippen molar-refractivity contribution < 1.29 is 28.5 Å². The van der Waals surface area contributed by atoms with E-state index in [0.29, 0.717) is 71.0 Å². The lowest BCUT2D eigenvalue weighted by Gasteiger charge is -2.40. The van der Waals surface area contributed by atoms with Gasteiger partial charge in [-0.05, 0) is 18.9 Å². The fourth-order valence-electron chi connectivity index (χ4n) is 2.80. The quantitative estimate of drug-likeness (QED) is 0.313. The van der Waals surface area contributed by atoms with Gasteiger partial charge in [-0.3, -0.25) is 4.79 Å². The average Bonchev–Trinajstić information content (AvgIpc) is 2.67. The summed E-state index contributed by atoms with van der Waals surface area (Å²) in [4.78, 5) is 19.6. The molecule has 0 atom stereocenters. The zero-order chi connectivity index (χ0) is 19.2. The maximum atomic E-state index is 10.9. The second-order valence-corrected chi connectivity index (χ2v) is 6.44. The molecule has 8 nitrogen and oxygen atoms in total. The normalized spacial score (nSPS) is 15.4. The van der Waals surface area contributed by atoms with Crippen molar-refractivity contribution in [3.8, 4) is 0 Å². The van der Waals surface area contributed by atoms with Crippen LogP contribution >= 0.6 is 0 Å². The molecule has 0 amide bonds. The summed E-state index contributed by atoms with van der Waals surface area (Å²) in [5.74, 6) is 0.709. The number of hydrogen-bond acceptors (Lipinski definition) is 8. The van der Waals surface area contributed by atoms with Crippen molar-refractivity contribution in [1.29, 1.82) is 0 Å². The highest BCUT2D eigenvalue weighted by Gasteiger charge is 2.41. The van der Waals surface area contributed by atoms with Crippen molar-refractivity contribution in [2.24, 2.45) is 0 Å². The van der Waals surface area contributed by atoms with Crippen LogP contribution in [0.1, 0.15) is 35.6 Å². The Labute approximate surface area is 160 Å². The molecule has 1 heterocycles. The van der Waals surface area contributed by atoms with Gasteiger partial charge in [-0.25, -0.2) is 9.97 Å². The smallest absolute Gasteiger partial charge is 0.168 e. The summed E-state index contributed by atoms with van der Waals surface area (Å²) in [6.45, 7) is 4.91. The van der Waals surface area contributed by atoms with Crippen LogP contribution in [0.3, 0.4) is 0 Å². The predicted molar refractivity (Wildman–Crippen MR) is 98.1 cm³/mol. The summed E-state index contributed by atoms with van der Waals surface area (Å²) in [6, 6.07) is 1.62. The molecule has 0 aliphatic heterocycles. The van der Waals surface area contributed by atoms with Crippen LogP contribution in [0.2, 0.25) is 0 Å². The van der Waals surface area contributed by atoms with Crippen molar-refractivity contribution in [1.82, 2.24) is 9.97 Å². The third-order valence-corrected chi connectivity index (χ3v) is 4.51. The van der Waals surface area contributed by atoms with E-state index >= 15 is 0 Å². The molecule has 0 unspecified atom stereocenters. The lowest BCUT2D eigenvalue weighted by Crippen LogP contribution is -2.41. The summed E-state index contributed by atoms with van der Waals surface area (Å²) in [7, 11) is 1.64. The van der Waals surface area contributed by atoms with Gasteiger partial charge in [0.15, 0.2) is 6.29 Å². The Bertz CT molecular complexity index is 539. The van der Waals surface area contributed by atoms with E-state index in [-0.39, 0.29) is 5.41 Å². The van der Waals surface area contributed by atoms with Crippen molar-refractivity contribution in [2.75, 3.05) is 66.6 Å². The van der Waals surface area contributed by atoms with Crippen LogP contribution in [-0.2, 0) is 29.1 Å². The molecule has 0 bridgehead atoms. The van der Waals surface area contributed by atoms with Crippen LogP contribution in [-0.4, -0.2) is 82.8 Å². The van der Waals surface area contributed by atoms with Crippen molar-refractivity contribution >= 4 is 6.29 Å². The summed E-state index contributed by atoms with van der Waals surface area (Å²) >= 11 is 0. The zero-order valence-corrected chi connectivity index (χ0v) is 16.1. The molecule has 2 rings (SSSR count). The standard InChI is InChI=1S/C19H30N2O6/c1-23-7-8-24-9-10-25-11-12-26-13-14-27-16-19(4-2-5-19)18-20-6-3-17(15-22)21-18/h3,6,15H,2,4-5,7-14,16H2,1H3. The fraction of sp³-hybridized carbons (Fsp3) is 0.737. The van der Waals surface area contributed by atoms with Crippen molar-refractivity contribution in [3.05, 3.63) is 23.8 Å². The van der Waals surface area contributed by atoms with Crippen LogP contribution in [0.4, 0.5) is 0 Å². The van der Waals surface area contributed by atoms with Gasteiger partial charge in [-0.15, -0.1) is 0 Å². The van der Waals surface area contributed by atoms with Crippen LogP contribution in [0.25, 0.3) is 0 Å². The monoisotopic (exact) mass is 382 g/mol. The Morgan fingerprint density at radius 1 is 0.963 bits per heavy atom. The number of carbonyl (C=O) groups excluding carboxylic acids is 1. The van der Waals surface area contributed by atoms with E-state index in [1.54, 1.807) is 19.4 Å². The van der Waals surface area contributed by atoms with E-state index in [0.717, 1.165) is 25.5 Å². The number of rotatable bonds is 16. The van der Waals surface area contributed by atoms with Gasteiger partial charge in [0.2, 0.25) is 0 Å². The Morgan fingerprint density at radius 3 is 2.07 bits per heavy atom. The maximum Gasteiger partial charge on any atom is 0.168 e. The van der Waals surface area contributed by atoms with Gasteiger partial charge in [-0.2, -0.15) is 0 Å². The number of hydrogen-bond donors (Lipinski definition) is 0. The molecule has 0 aromatic carbocycles. The highest BCUT2D eigenvalue weighted by molar-refractivity contribution is 5.71. The highest BCUT2D eigenvalue weighted by Crippen LogP contribution is 2.42. The molecule has 1 aliphatic carbocycles. The van der Waals surface area contributed by atoms with Crippen molar-refractivity contribution in [2.45, 2.75) is 24.7 Å². The highest BCUT2D eigenvalue weighted by atomic mass is 16.6. The van der Waals surface area contributed by atoms with Gasteiger partial charge < -0.3 is 23.7 Å². The van der Waals surface area contributed by atoms with Crippen LogP contribution in [0, 0.1) is 0 Å². The molecule has 1 aliphatic rings. The van der Waals surface area contributed by atoms with Gasteiger partial charge in [0, 0.05) is 13.3 Å². The summed E-state index contributed by atoms with van der Waals surface area (Å²) in [6.07, 6.45) is 5.48. The molecule has 1 saturated carbocycles. The van der Waals surface area contributed by atoms with E-state index in [1.165, 1.54) is 0 Å². The minimum absolute atomic E-state index is 0.162. The molecule has 1 fully saturated rings. The third kappa shape index (κ3) is 7.59. The molecule has 0 saturated heterocycles. The molecule has 0 N–H and O–H groups in total. The molecule has 1 aromatic rings. The van der Waals surface area contributed by atoms with E-state index in [9.17, 15) is 4.79 Å². The molecular weight excluding hydrogens is 352 g/mol.